The molecule has 1 aliphatic rings. The molecule has 136 valence electrons. The molecule has 1 heterocycles. The molecule has 0 radical (unpaired) electrons. The van der Waals surface area contributed by atoms with Crippen molar-refractivity contribution in [3.05, 3.63) is 52.0 Å². The minimum Gasteiger partial charge on any atom is -0.493 e. The van der Waals surface area contributed by atoms with Gasteiger partial charge in [-0.25, -0.2) is 0 Å². The van der Waals surface area contributed by atoms with Crippen LogP contribution in [0.5, 0.6) is 11.5 Å². The Hall–Kier alpha value is -2.54. The van der Waals surface area contributed by atoms with Crippen LogP contribution in [0.2, 0.25) is 0 Å². The Kier molecular flexibility index (Phi) is 5.46. The second-order valence-corrected chi connectivity index (χ2v) is 6.75. The quantitative estimate of drug-likeness (QED) is 0.575. The molecule has 0 spiro atoms. The van der Waals surface area contributed by atoms with Crippen molar-refractivity contribution in [1.29, 1.82) is 0 Å². The van der Waals surface area contributed by atoms with Crippen LogP contribution in [0.3, 0.4) is 0 Å². The molecule has 6 nitrogen and oxygen atoms in total. The number of ether oxygens (including phenoxy) is 2. The Bertz CT molecular complexity index is 837. The summed E-state index contributed by atoms with van der Waals surface area (Å²) in [7, 11) is 3.14. The molecule has 0 saturated carbocycles. The van der Waals surface area contributed by atoms with Gasteiger partial charge in [0.25, 0.3) is 0 Å². The van der Waals surface area contributed by atoms with Crippen molar-refractivity contribution in [2.45, 2.75) is 12.5 Å². The van der Waals surface area contributed by atoms with E-state index in [1.165, 1.54) is 0 Å². The number of hydrazone groups is 1. The summed E-state index contributed by atoms with van der Waals surface area (Å²) in [5.41, 5.74) is 9.18. The number of nitrogen functional groups attached to an aromatic ring is 1. The molecule has 0 bridgehead atoms. The smallest absolute Gasteiger partial charge is 0.161 e. The van der Waals surface area contributed by atoms with Crippen LogP contribution in [0.1, 0.15) is 23.6 Å². The molecule has 26 heavy (non-hydrogen) atoms. The Labute approximate surface area is 160 Å². The lowest BCUT2D eigenvalue weighted by molar-refractivity contribution is -0.112. The largest absolute Gasteiger partial charge is 0.493 e. The zero-order valence-electron chi connectivity index (χ0n) is 14.6. The van der Waals surface area contributed by atoms with Crippen LogP contribution in [0, 0.1) is 0 Å². The maximum absolute atomic E-state index is 11.9. The molecule has 0 amide bonds. The first kappa shape index (κ1) is 18.3. The predicted octanol–water partition coefficient (Wildman–Crippen LogP) is 3.40. The lowest BCUT2D eigenvalue weighted by atomic mass is 10.1. The van der Waals surface area contributed by atoms with Crippen LogP contribution in [0.4, 0.5) is 5.69 Å². The number of halogens is 1. The first-order valence-electron chi connectivity index (χ1n) is 8.14. The first-order chi connectivity index (χ1) is 12.6. The number of nitrogens with two attached hydrogens (primary N) is 1. The average molecular weight is 418 g/mol. The van der Waals surface area contributed by atoms with Crippen molar-refractivity contribution in [3.8, 4) is 11.5 Å². The lowest BCUT2D eigenvalue weighted by Crippen LogP contribution is -2.23. The summed E-state index contributed by atoms with van der Waals surface area (Å²) in [5.74, 6) is 1.17. The van der Waals surface area contributed by atoms with E-state index in [-0.39, 0.29) is 0 Å². The summed E-state index contributed by atoms with van der Waals surface area (Å²) in [4.78, 5) is 11.9. The number of carbonyl (C=O) groups is 1. The van der Waals surface area contributed by atoms with Gasteiger partial charge < -0.3 is 20.0 Å². The molecule has 2 aromatic carbocycles. The van der Waals surface area contributed by atoms with Gasteiger partial charge in [0.05, 0.1) is 19.9 Å². The van der Waals surface area contributed by atoms with Crippen LogP contribution in [0.25, 0.3) is 0 Å². The minimum atomic E-state index is -0.518. The van der Waals surface area contributed by atoms with Crippen LogP contribution in [-0.2, 0) is 4.79 Å². The molecule has 0 aromatic heterocycles. The third kappa shape index (κ3) is 3.53. The van der Waals surface area contributed by atoms with E-state index in [2.05, 4.69) is 21.0 Å². The monoisotopic (exact) mass is 417 g/mol. The molecule has 3 rings (SSSR count). The van der Waals surface area contributed by atoms with Crippen LogP contribution < -0.4 is 15.2 Å². The van der Waals surface area contributed by atoms with Crippen molar-refractivity contribution in [1.82, 2.24) is 5.01 Å². The van der Waals surface area contributed by atoms with Gasteiger partial charge in [0, 0.05) is 28.7 Å². The molecule has 0 aliphatic carbocycles. The Morgan fingerprint density at radius 1 is 1.19 bits per heavy atom. The van der Waals surface area contributed by atoms with Gasteiger partial charge in [0.2, 0.25) is 0 Å². The maximum atomic E-state index is 11.9. The second-order valence-electron chi connectivity index (χ2n) is 5.89. The number of hydrogen-bond donors (Lipinski definition) is 1. The number of nitrogens with zero attached hydrogens (tertiary/aromatic N) is 2. The Morgan fingerprint density at radius 2 is 1.85 bits per heavy atom. The summed E-state index contributed by atoms with van der Waals surface area (Å²) in [6.07, 6.45) is 1.65. The van der Waals surface area contributed by atoms with Crippen LogP contribution in [-0.4, -0.2) is 37.8 Å². The highest BCUT2D eigenvalue weighted by molar-refractivity contribution is 9.10. The van der Waals surface area contributed by atoms with Crippen molar-refractivity contribution in [3.63, 3.8) is 0 Å². The van der Waals surface area contributed by atoms with Gasteiger partial charge in [-0.15, -0.1) is 0 Å². The van der Waals surface area contributed by atoms with Gasteiger partial charge in [-0.3, -0.25) is 5.01 Å². The fraction of sp³-hybridized carbons (Fsp3) is 0.263. The summed E-state index contributed by atoms with van der Waals surface area (Å²) >= 11 is 3.52. The van der Waals surface area contributed by atoms with Gasteiger partial charge in [-0.05, 0) is 29.8 Å². The number of methoxy groups -OCH3 is 2. The highest BCUT2D eigenvalue weighted by atomic mass is 79.9. The summed E-state index contributed by atoms with van der Waals surface area (Å²) in [6, 6.07) is 10.7. The van der Waals surface area contributed by atoms with Crippen LogP contribution >= 0.6 is 15.9 Å². The number of hydrogen-bond acceptors (Lipinski definition) is 6. The highest BCUT2D eigenvalue weighted by Gasteiger charge is 2.27. The van der Waals surface area contributed by atoms with E-state index in [1.807, 2.05) is 24.3 Å². The molecule has 0 saturated heterocycles. The van der Waals surface area contributed by atoms with E-state index >= 15 is 0 Å². The topological polar surface area (TPSA) is 77.2 Å². The van der Waals surface area contributed by atoms with E-state index in [0.717, 1.165) is 34.0 Å². The van der Waals surface area contributed by atoms with Crippen molar-refractivity contribution >= 4 is 33.6 Å². The number of rotatable bonds is 6. The molecule has 2 aromatic rings. The molecular formula is C19H20BrN3O3. The summed E-state index contributed by atoms with van der Waals surface area (Å²) in [5, 5.41) is 6.46. The predicted molar refractivity (Wildman–Crippen MR) is 105 cm³/mol. The number of aldehydes is 1. The molecular weight excluding hydrogens is 398 g/mol. The van der Waals surface area contributed by atoms with Crippen molar-refractivity contribution < 1.29 is 14.3 Å². The summed E-state index contributed by atoms with van der Waals surface area (Å²) < 4.78 is 11.4. The fourth-order valence-corrected chi connectivity index (χ4v) is 3.51. The third-order valence-electron chi connectivity index (χ3n) is 4.34. The standard InChI is InChI=1S/C19H20BrN3O3/c1-25-18-9-14(15(20)10-19(18)26-2)17(11-24)23-8-7-16(22-23)12-3-5-13(21)6-4-12/h3-6,9-11,17H,7-8,21H2,1-2H3. The molecule has 2 N–H and O–H groups in total. The highest BCUT2D eigenvalue weighted by Crippen LogP contribution is 2.38. The number of carbonyl (C=O) groups excluding carboxylic acids is 1. The van der Waals surface area contributed by atoms with Gasteiger partial charge in [-0.1, -0.05) is 28.1 Å². The van der Waals surface area contributed by atoms with Gasteiger partial charge in [0.1, 0.15) is 12.3 Å². The van der Waals surface area contributed by atoms with E-state index in [0.29, 0.717) is 23.7 Å². The van der Waals surface area contributed by atoms with E-state index in [4.69, 9.17) is 15.2 Å². The van der Waals surface area contributed by atoms with Crippen LogP contribution in [0.15, 0.2) is 46.0 Å². The van der Waals surface area contributed by atoms with Gasteiger partial charge in [-0.2, -0.15) is 5.10 Å². The van der Waals surface area contributed by atoms with Gasteiger partial charge >= 0.3 is 0 Å². The molecule has 1 atom stereocenters. The van der Waals surface area contributed by atoms with Crippen molar-refractivity contribution in [2.75, 3.05) is 26.5 Å². The number of benzene rings is 2. The Morgan fingerprint density at radius 3 is 2.46 bits per heavy atom. The molecule has 7 heteroatoms. The maximum Gasteiger partial charge on any atom is 0.161 e. The minimum absolute atomic E-state index is 0.518. The zero-order chi connectivity index (χ0) is 18.7. The van der Waals surface area contributed by atoms with Crippen molar-refractivity contribution in [2.24, 2.45) is 5.10 Å². The second kappa shape index (κ2) is 7.78. The van der Waals surface area contributed by atoms with E-state index in [9.17, 15) is 4.79 Å². The summed E-state index contributed by atoms with van der Waals surface area (Å²) in [6.45, 7) is 0.657. The Balaban J connectivity index is 1.92. The normalized spacial score (nSPS) is 14.7. The SMILES string of the molecule is COc1cc(Br)c(C(C=O)N2CCC(c3ccc(N)cc3)=N2)cc1OC. The molecule has 1 aliphatic heterocycles. The van der Waals surface area contributed by atoms with E-state index < -0.39 is 6.04 Å². The lowest BCUT2D eigenvalue weighted by Gasteiger charge is -2.23. The molecule has 0 fully saturated rings. The zero-order valence-corrected chi connectivity index (χ0v) is 16.2. The first-order valence-corrected chi connectivity index (χ1v) is 8.93. The average Bonchev–Trinajstić information content (AvgIpc) is 3.13. The fourth-order valence-electron chi connectivity index (χ4n) is 2.96. The third-order valence-corrected chi connectivity index (χ3v) is 5.03. The van der Waals surface area contributed by atoms with Gasteiger partial charge in [0.15, 0.2) is 11.5 Å². The molecule has 1 unspecified atom stereocenters. The van der Waals surface area contributed by atoms with E-state index in [1.54, 1.807) is 31.4 Å². The number of anilines is 1.